The Morgan fingerprint density at radius 1 is 1.50 bits per heavy atom. The van der Waals surface area contributed by atoms with E-state index < -0.39 is 29.5 Å². The van der Waals surface area contributed by atoms with Crippen LogP contribution < -0.4 is 0 Å². The molecule has 0 bridgehead atoms. The predicted octanol–water partition coefficient (Wildman–Crippen LogP) is 0.344. The normalized spacial score (nSPS) is 14.0. The van der Waals surface area contributed by atoms with E-state index in [2.05, 4.69) is 8.92 Å². The summed E-state index contributed by atoms with van der Waals surface area (Å²) in [6.07, 6.45) is 0. The second-order valence-electron chi connectivity index (χ2n) is 3.12. The van der Waals surface area contributed by atoms with Gasteiger partial charge in [0.25, 0.3) is 0 Å². The average Bonchev–Trinajstić information content (AvgIpc) is 1.84. The number of carbonyl (C=O) groups excluding carboxylic acids is 1. The molecule has 0 amide bonds. The maximum atomic E-state index is 10.9. The summed E-state index contributed by atoms with van der Waals surface area (Å²) in [5.74, 6) is -0.507. The van der Waals surface area contributed by atoms with Gasteiger partial charge in [-0.25, -0.2) is 4.21 Å². The Balaban J connectivity index is 3.66. The monoisotopic (exact) mass is 195 g/mol. The highest BCUT2D eigenvalue weighted by Crippen LogP contribution is 2.14. The standard InChI is InChI=1S/C6H12O5S/c1-6(2,3)5(7)10-4-11-12(8)9/h4H2,1-3H3,(H,8,9)/p-1. The van der Waals surface area contributed by atoms with E-state index in [-0.39, 0.29) is 0 Å². The van der Waals surface area contributed by atoms with Crippen molar-refractivity contribution in [3.8, 4) is 0 Å². The van der Waals surface area contributed by atoms with Gasteiger partial charge in [-0.2, -0.15) is 0 Å². The van der Waals surface area contributed by atoms with Crippen molar-refractivity contribution in [1.82, 2.24) is 0 Å². The number of esters is 1. The summed E-state index contributed by atoms with van der Waals surface area (Å²) in [5, 5.41) is 0. The van der Waals surface area contributed by atoms with Crippen molar-refractivity contribution in [1.29, 1.82) is 0 Å². The van der Waals surface area contributed by atoms with E-state index in [9.17, 15) is 13.6 Å². The van der Waals surface area contributed by atoms with E-state index in [1.165, 1.54) is 0 Å². The lowest BCUT2D eigenvalue weighted by Crippen LogP contribution is -2.24. The fraction of sp³-hybridized carbons (Fsp3) is 0.833. The lowest BCUT2D eigenvalue weighted by molar-refractivity contribution is -0.159. The second-order valence-corrected chi connectivity index (χ2v) is 3.77. The Labute approximate surface area is 73.5 Å². The third kappa shape index (κ3) is 5.22. The van der Waals surface area contributed by atoms with E-state index in [1.54, 1.807) is 20.8 Å². The van der Waals surface area contributed by atoms with Gasteiger partial charge in [-0.15, -0.1) is 0 Å². The maximum Gasteiger partial charge on any atom is 0.313 e. The minimum absolute atomic E-state index is 0.507. The Morgan fingerprint density at radius 2 is 2.00 bits per heavy atom. The highest BCUT2D eigenvalue weighted by Gasteiger charge is 2.22. The summed E-state index contributed by atoms with van der Waals surface area (Å²) < 4.78 is 28.1. The average molecular weight is 195 g/mol. The van der Waals surface area contributed by atoms with E-state index in [0.29, 0.717) is 0 Å². The van der Waals surface area contributed by atoms with Crippen molar-refractivity contribution in [3.63, 3.8) is 0 Å². The van der Waals surface area contributed by atoms with Crippen molar-refractivity contribution in [2.75, 3.05) is 6.79 Å². The zero-order valence-corrected chi connectivity index (χ0v) is 7.97. The Morgan fingerprint density at radius 3 is 2.33 bits per heavy atom. The van der Waals surface area contributed by atoms with Gasteiger partial charge in [-0.1, -0.05) is 0 Å². The van der Waals surface area contributed by atoms with Gasteiger partial charge >= 0.3 is 5.97 Å². The molecule has 5 nitrogen and oxygen atoms in total. The molecule has 6 heteroatoms. The summed E-state index contributed by atoms with van der Waals surface area (Å²) in [4.78, 5) is 10.9. The third-order valence-corrected chi connectivity index (χ3v) is 1.24. The second kappa shape index (κ2) is 4.54. The van der Waals surface area contributed by atoms with Gasteiger partial charge in [0.15, 0.2) is 0 Å². The first kappa shape index (κ1) is 11.5. The van der Waals surface area contributed by atoms with Gasteiger partial charge in [0.05, 0.1) is 16.8 Å². The Bertz CT molecular complexity index is 183. The van der Waals surface area contributed by atoms with Gasteiger partial charge in [0.1, 0.15) is 0 Å². The molecule has 0 N–H and O–H groups in total. The van der Waals surface area contributed by atoms with Crippen LogP contribution in [0.5, 0.6) is 0 Å². The molecule has 0 aliphatic rings. The molecule has 0 heterocycles. The van der Waals surface area contributed by atoms with E-state index in [0.717, 1.165) is 0 Å². The molecule has 0 aliphatic carbocycles. The van der Waals surface area contributed by atoms with Crippen LogP contribution in [-0.2, 0) is 25.1 Å². The van der Waals surface area contributed by atoms with E-state index in [4.69, 9.17) is 0 Å². The zero-order chi connectivity index (χ0) is 9.78. The fourth-order valence-corrected chi connectivity index (χ4v) is 0.460. The first-order valence-corrected chi connectivity index (χ1v) is 4.24. The maximum absolute atomic E-state index is 10.9. The lowest BCUT2D eigenvalue weighted by atomic mass is 9.98. The summed E-state index contributed by atoms with van der Waals surface area (Å²) in [6.45, 7) is 4.41. The van der Waals surface area contributed by atoms with Crippen LogP contribution in [0.2, 0.25) is 0 Å². The fourth-order valence-electron chi connectivity index (χ4n) is 0.333. The molecule has 0 aromatic rings. The molecule has 0 radical (unpaired) electrons. The van der Waals surface area contributed by atoms with Crippen LogP contribution >= 0.6 is 0 Å². The lowest BCUT2D eigenvalue weighted by Gasteiger charge is -2.16. The van der Waals surface area contributed by atoms with Crippen molar-refractivity contribution in [3.05, 3.63) is 0 Å². The van der Waals surface area contributed by atoms with E-state index >= 15 is 0 Å². The molecule has 0 fully saturated rings. The van der Waals surface area contributed by atoms with Crippen LogP contribution in [0.3, 0.4) is 0 Å². The first-order valence-electron chi connectivity index (χ1n) is 3.24. The largest absolute Gasteiger partial charge is 0.750 e. The first-order chi connectivity index (χ1) is 5.34. The third-order valence-electron chi connectivity index (χ3n) is 0.947. The minimum atomic E-state index is -2.64. The van der Waals surface area contributed by atoms with Crippen LogP contribution in [0.25, 0.3) is 0 Å². The van der Waals surface area contributed by atoms with Crippen molar-refractivity contribution < 1.29 is 22.5 Å². The zero-order valence-electron chi connectivity index (χ0n) is 7.16. The molecule has 0 aromatic heterocycles. The summed E-state index contributed by atoms with van der Waals surface area (Å²) in [6, 6.07) is 0. The molecule has 72 valence electrons. The number of carbonyl (C=O) groups is 1. The topological polar surface area (TPSA) is 75.7 Å². The van der Waals surface area contributed by atoms with E-state index in [1.807, 2.05) is 0 Å². The minimum Gasteiger partial charge on any atom is -0.750 e. The summed E-state index contributed by atoms with van der Waals surface area (Å²) in [7, 11) is 0. The predicted molar refractivity (Wildman–Crippen MR) is 40.4 cm³/mol. The molecular weight excluding hydrogens is 184 g/mol. The van der Waals surface area contributed by atoms with Crippen molar-refractivity contribution in [2.45, 2.75) is 20.8 Å². The number of ether oxygens (including phenoxy) is 1. The number of hydrogen-bond acceptors (Lipinski definition) is 5. The number of rotatable bonds is 3. The molecule has 1 atom stereocenters. The van der Waals surface area contributed by atoms with Crippen LogP contribution in [-0.4, -0.2) is 21.5 Å². The summed E-state index contributed by atoms with van der Waals surface area (Å²) >= 11 is -2.64. The number of hydrogen-bond donors (Lipinski definition) is 0. The molecule has 0 spiro atoms. The molecule has 1 unspecified atom stereocenters. The van der Waals surface area contributed by atoms with Crippen LogP contribution in [0, 0.1) is 5.41 Å². The van der Waals surface area contributed by atoms with Crippen LogP contribution in [0.1, 0.15) is 20.8 Å². The highest BCUT2D eigenvalue weighted by molar-refractivity contribution is 7.74. The SMILES string of the molecule is CC(C)(C)C(=O)OCOS(=O)[O-]. The van der Waals surface area contributed by atoms with Gasteiger partial charge in [0, 0.05) is 0 Å². The van der Waals surface area contributed by atoms with Gasteiger partial charge in [-0.3, -0.25) is 8.98 Å². The quantitative estimate of drug-likeness (QED) is 0.369. The highest BCUT2D eigenvalue weighted by atomic mass is 32.2. The van der Waals surface area contributed by atoms with Gasteiger partial charge in [-0.05, 0) is 20.8 Å². The van der Waals surface area contributed by atoms with Crippen molar-refractivity contribution in [2.24, 2.45) is 5.41 Å². The Hall–Kier alpha value is -0.460. The summed E-state index contributed by atoms with van der Waals surface area (Å²) in [5.41, 5.74) is -0.645. The van der Waals surface area contributed by atoms with Crippen LogP contribution in [0.4, 0.5) is 0 Å². The molecule has 0 rings (SSSR count). The molecule has 0 saturated carbocycles. The van der Waals surface area contributed by atoms with Gasteiger partial charge in [0.2, 0.25) is 6.79 Å². The Kier molecular flexibility index (Phi) is 4.36. The molecule has 0 saturated heterocycles. The molecule has 12 heavy (non-hydrogen) atoms. The van der Waals surface area contributed by atoms with Crippen molar-refractivity contribution >= 4 is 17.3 Å². The smallest absolute Gasteiger partial charge is 0.313 e. The molecular formula is C6H11O5S-. The van der Waals surface area contributed by atoms with Crippen LogP contribution in [0.15, 0.2) is 0 Å². The molecule has 0 aliphatic heterocycles. The van der Waals surface area contributed by atoms with Gasteiger partial charge < -0.3 is 9.29 Å². The molecule has 0 aromatic carbocycles.